The van der Waals surface area contributed by atoms with Gasteiger partial charge in [0.15, 0.2) is 6.10 Å². The molecule has 2 amide bonds. The zero-order valence-electron chi connectivity index (χ0n) is 22.1. The number of alkyl carbamates (subject to hydrolysis) is 1. The molecule has 1 unspecified atom stereocenters. The second kappa shape index (κ2) is 13.8. The van der Waals surface area contributed by atoms with Crippen LogP contribution in [0.5, 0.6) is 0 Å². The van der Waals surface area contributed by atoms with E-state index in [1.54, 1.807) is 0 Å². The van der Waals surface area contributed by atoms with Crippen molar-refractivity contribution in [2.24, 2.45) is 17.8 Å². The number of carbonyl (C=O) groups excluding carboxylic acids is 2. The molecule has 1 aromatic carbocycles. The van der Waals surface area contributed by atoms with Gasteiger partial charge in [-0.2, -0.15) is 4.68 Å². The Kier molecular flexibility index (Phi) is 11.2. The van der Waals surface area contributed by atoms with Crippen molar-refractivity contribution in [2.75, 3.05) is 0 Å². The van der Waals surface area contributed by atoms with E-state index in [4.69, 9.17) is 9.15 Å². The van der Waals surface area contributed by atoms with E-state index in [0.717, 1.165) is 5.56 Å². The molecule has 0 saturated heterocycles. The van der Waals surface area contributed by atoms with Gasteiger partial charge >= 0.3 is 11.8 Å². The third kappa shape index (κ3) is 9.49. The molecule has 200 valence electrons. The molecular formula is C26H40N4O6. The van der Waals surface area contributed by atoms with Crippen LogP contribution in [0.2, 0.25) is 0 Å². The monoisotopic (exact) mass is 504 g/mol. The number of amides is 2. The number of rotatable bonds is 13. The van der Waals surface area contributed by atoms with E-state index in [0.29, 0.717) is 19.4 Å². The summed E-state index contributed by atoms with van der Waals surface area (Å²) in [5.41, 5.74) is 0.830. The molecule has 0 aliphatic heterocycles. The predicted molar refractivity (Wildman–Crippen MR) is 135 cm³/mol. The smallest absolute Gasteiger partial charge is 0.437 e. The first-order valence-electron chi connectivity index (χ1n) is 12.5. The topological polar surface area (TPSA) is 136 Å². The first-order valence-corrected chi connectivity index (χ1v) is 12.5. The van der Waals surface area contributed by atoms with Crippen LogP contribution in [-0.4, -0.2) is 39.0 Å². The average Bonchev–Trinajstić information content (AvgIpc) is 3.15. The Morgan fingerprint density at radius 3 is 2.22 bits per heavy atom. The van der Waals surface area contributed by atoms with Gasteiger partial charge in [0.1, 0.15) is 12.6 Å². The van der Waals surface area contributed by atoms with E-state index < -0.39 is 35.9 Å². The molecule has 10 nitrogen and oxygen atoms in total. The van der Waals surface area contributed by atoms with Crippen molar-refractivity contribution in [3.05, 3.63) is 52.3 Å². The number of hydrogen-bond donors (Lipinski definition) is 3. The van der Waals surface area contributed by atoms with Crippen LogP contribution in [-0.2, 0) is 22.7 Å². The van der Waals surface area contributed by atoms with Gasteiger partial charge in [-0.25, -0.2) is 9.59 Å². The van der Waals surface area contributed by atoms with Gasteiger partial charge in [-0.15, -0.1) is 5.10 Å². The van der Waals surface area contributed by atoms with Crippen LogP contribution in [0.15, 0.2) is 39.5 Å². The van der Waals surface area contributed by atoms with Crippen molar-refractivity contribution >= 4 is 12.0 Å². The molecule has 2 aromatic rings. The normalized spacial score (nSPS) is 14.1. The second-order valence-corrected chi connectivity index (χ2v) is 10.4. The number of hydrogen-bond acceptors (Lipinski definition) is 7. The molecule has 3 atom stereocenters. The van der Waals surface area contributed by atoms with Crippen LogP contribution >= 0.6 is 0 Å². The largest absolute Gasteiger partial charge is 0.445 e. The highest BCUT2D eigenvalue weighted by Gasteiger charge is 2.32. The number of nitrogens with one attached hydrogen (secondary N) is 2. The number of ether oxygens (including phenoxy) is 1. The Hall–Kier alpha value is -3.14. The summed E-state index contributed by atoms with van der Waals surface area (Å²) in [5.74, 6) is -0.896. The third-order valence-corrected chi connectivity index (χ3v) is 5.38. The molecule has 36 heavy (non-hydrogen) atoms. The fourth-order valence-electron chi connectivity index (χ4n) is 3.74. The highest BCUT2D eigenvalue weighted by molar-refractivity contribution is 5.85. The first kappa shape index (κ1) is 29.1. The number of aliphatic hydroxyl groups is 1. The van der Waals surface area contributed by atoms with Crippen molar-refractivity contribution in [1.29, 1.82) is 0 Å². The summed E-state index contributed by atoms with van der Waals surface area (Å²) in [7, 11) is 0. The minimum Gasteiger partial charge on any atom is -0.445 e. The van der Waals surface area contributed by atoms with Gasteiger partial charge < -0.3 is 24.9 Å². The van der Waals surface area contributed by atoms with Gasteiger partial charge in [-0.1, -0.05) is 71.9 Å². The van der Waals surface area contributed by atoms with Gasteiger partial charge in [0.25, 0.3) is 0 Å². The summed E-state index contributed by atoms with van der Waals surface area (Å²) < 4.78 is 11.6. The molecule has 0 spiro atoms. The second-order valence-electron chi connectivity index (χ2n) is 10.4. The number of nitrogens with zero attached hydrogens (tertiary/aromatic N) is 2. The lowest BCUT2D eigenvalue weighted by Gasteiger charge is -2.27. The highest BCUT2D eigenvalue weighted by atomic mass is 16.5. The molecule has 10 heteroatoms. The first-order chi connectivity index (χ1) is 17.0. The average molecular weight is 505 g/mol. The van der Waals surface area contributed by atoms with Gasteiger partial charge in [-0.05, 0) is 36.2 Å². The molecular weight excluding hydrogens is 464 g/mol. The van der Waals surface area contributed by atoms with Crippen LogP contribution in [0.1, 0.15) is 71.9 Å². The predicted octanol–water partition coefficient (Wildman–Crippen LogP) is 3.40. The molecule has 2 rings (SSSR count). The Bertz CT molecular complexity index is 1010. The highest BCUT2D eigenvalue weighted by Crippen LogP contribution is 2.20. The summed E-state index contributed by atoms with van der Waals surface area (Å²) in [6.45, 7) is 12.1. The Morgan fingerprint density at radius 1 is 1.00 bits per heavy atom. The van der Waals surface area contributed by atoms with Crippen LogP contribution in [0.4, 0.5) is 4.79 Å². The van der Waals surface area contributed by atoms with Crippen molar-refractivity contribution in [3.8, 4) is 0 Å². The number of aliphatic hydroxyl groups excluding tert-OH is 1. The molecule has 3 N–H and O–H groups in total. The van der Waals surface area contributed by atoms with Crippen LogP contribution in [0.25, 0.3) is 0 Å². The molecule has 1 aromatic heterocycles. The van der Waals surface area contributed by atoms with Gasteiger partial charge in [-0.3, -0.25) is 4.79 Å². The summed E-state index contributed by atoms with van der Waals surface area (Å²) in [6.07, 6.45) is -1.27. The molecule has 0 saturated carbocycles. The molecule has 0 bridgehead atoms. The van der Waals surface area contributed by atoms with E-state index in [1.807, 2.05) is 71.9 Å². The number of benzene rings is 1. The molecule has 0 aliphatic carbocycles. The van der Waals surface area contributed by atoms with Crippen LogP contribution in [0.3, 0.4) is 0 Å². The van der Waals surface area contributed by atoms with Crippen molar-refractivity contribution in [1.82, 2.24) is 20.4 Å². The third-order valence-electron chi connectivity index (χ3n) is 5.38. The Morgan fingerprint density at radius 2 is 1.64 bits per heavy atom. The zero-order chi connectivity index (χ0) is 26.8. The van der Waals surface area contributed by atoms with E-state index in [-0.39, 0.29) is 30.3 Å². The van der Waals surface area contributed by atoms with Crippen molar-refractivity contribution in [2.45, 2.75) is 85.7 Å². The summed E-state index contributed by atoms with van der Waals surface area (Å²) in [5, 5.41) is 20.6. The summed E-state index contributed by atoms with van der Waals surface area (Å²) >= 11 is 0. The van der Waals surface area contributed by atoms with E-state index in [2.05, 4.69) is 15.7 Å². The zero-order valence-corrected chi connectivity index (χ0v) is 22.1. The van der Waals surface area contributed by atoms with E-state index in [9.17, 15) is 19.5 Å². The minimum absolute atomic E-state index is 0.0788. The van der Waals surface area contributed by atoms with Gasteiger partial charge in [0.2, 0.25) is 11.8 Å². The minimum atomic E-state index is -1.33. The molecule has 0 radical (unpaired) electrons. The lowest BCUT2D eigenvalue weighted by molar-refractivity contribution is -0.125. The lowest BCUT2D eigenvalue weighted by Crippen LogP contribution is -2.51. The molecule has 0 fully saturated rings. The maximum atomic E-state index is 13.2. The van der Waals surface area contributed by atoms with Crippen molar-refractivity contribution in [3.63, 3.8) is 0 Å². The maximum absolute atomic E-state index is 13.2. The van der Waals surface area contributed by atoms with Crippen LogP contribution in [0, 0.1) is 17.8 Å². The van der Waals surface area contributed by atoms with E-state index in [1.165, 1.54) is 4.68 Å². The number of carbonyl (C=O) groups is 2. The fourth-order valence-corrected chi connectivity index (χ4v) is 3.74. The van der Waals surface area contributed by atoms with Gasteiger partial charge in [0.05, 0.1) is 12.6 Å². The Balaban J connectivity index is 2.12. The maximum Gasteiger partial charge on any atom is 0.437 e. The fraction of sp³-hybridized carbons (Fsp3) is 0.615. The molecule has 1 heterocycles. The summed E-state index contributed by atoms with van der Waals surface area (Å²) in [4.78, 5) is 37.8. The summed E-state index contributed by atoms with van der Waals surface area (Å²) in [6, 6.07) is 7.59. The Labute approximate surface area is 212 Å². The van der Waals surface area contributed by atoms with Gasteiger partial charge in [0, 0.05) is 0 Å². The lowest BCUT2D eigenvalue weighted by atomic mass is 9.97. The quantitative estimate of drug-likeness (QED) is 0.380. The van der Waals surface area contributed by atoms with Crippen LogP contribution < -0.4 is 16.4 Å². The number of aromatic nitrogens is 2. The molecule has 0 aliphatic rings. The standard InChI is InChI=1S/C26H40N4O6/c1-16(2)12-20(22(31)24-29-30(14-18(5)6)26(34)36-24)27-23(32)21(13-17(3)4)28-25(33)35-15-19-10-8-7-9-11-19/h7-11,16-18,20-22,31H,12-15H2,1-6H3,(H,27,32)(H,28,33)/t20-,21-,22?/m0/s1. The van der Waals surface area contributed by atoms with E-state index >= 15 is 0 Å². The van der Waals surface area contributed by atoms with Crippen molar-refractivity contribution < 1.29 is 23.8 Å². The SMILES string of the molecule is CC(C)C[C@H](NC(=O)OCc1ccccc1)C(=O)N[C@@H](CC(C)C)C(O)c1nn(CC(C)C)c(=O)o1.